The van der Waals surface area contributed by atoms with Crippen molar-refractivity contribution in [3.8, 4) is 11.8 Å². The number of thioether (sulfide) groups is 1. The quantitative estimate of drug-likeness (QED) is 0.201. The predicted molar refractivity (Wildman–Crippen MR) is 186 cm³/mol. The number of ether oxygens (including phenoxy) is 2. The number of anilines is 1. The normalized spacial score (nSPS) is 23.1. The summed E-state index contributed by atoms with van der Waals surface area (Å²) < 4.78 is 22.8. The second kappa shape index (κ2) is 11.6. The third kappa shape index (κ3) is 5.95. The number of nitrogens with zero attached hydrogens (tertiary/aromatic N) is 3. The summed E-state index contributed by atoms with van der Waals surface area (Å²) in [5, 5.41) is 3.06. The average molecular weight is 641 g/mol. The largest absolute Gasteiger partial charge is 0.406 e. The molecule has 0 radical (unpaired) electrons. The number of fused-ring (bicyclic) bond motifs is 2. The highest BCUT2D eigenvalue weighted by Gasteiger charge is 2.57. The van der Waals surface area contributed by atoms with Crippen molar-refractivity contribution in [3.63, 3.8) is 0 Å². The zero-order valence-corrected chi connectivity index (χ0v) is 29.3. The van der Waals surface area contributed by atoms with Crippen LogP contribution in [0.1, 0.15) is 66.3 Å². The smallest absolute Gasteiger partial charge is 0.261 e. The van der Waals surface area contributed by atoms with Gasteiger partial charge in [0, 0.05) is 18.2 Å². The number of nitrogens with two attached hydrogens (primary N) is 1. The van der Waals surface area contributed by atoms with Crippen LogP contribution >= 0.6 is 11.8 Å². The summed E-state index contributed by atoms with van der Waals surface area (Å²) in [5.41, 5.74) is 7.83. The predicted octanol–water partition coefficient (Wildman–Crippen LogP) is 6.12. The average Bonchev–Trinajstić information content (AvgIpc) is 3.61. The van der Waals surface area contributed by atoms with Gasteiger partial charge in [-0.15, -0.1) is 11.8 Å². The van der Waals surface area contributed by atoms with Gasteiger partial charge in [0.1, 0.15) is 35.4 Å². The van der Waals surface area contributed by atoms with Gasteiger partial charge in [0.15, 0.2) is 5.79 Å². The van der Waals surface area contributed by atoms with Crippen LogP contribution in [0.15, 0.2) is 73.2 Å². The SMILES string of the molecule is CC(C)(C)C#Cc1cn([C@@H]2S[C@H](CO[Si](c3ccccc3)(c3ccccc3)C(C)(C)C)[C@H]3OC(C)(C)O[C@H]32)c2ncnc(N)c12. The Hall–Kier alpha value is -3.13. The summed E-state index contributed by atoms with van der Waals surface area (Å²) in [5.74, 6) is 6.42. The molecule has 2 N–H and O–H groups in total. The van der Waals surface area contributed by atoms with Gasteiger partial charge in [-0.3, -0.25) is 0 Å². The van der Waals surface area contributed by atoms with Gasteiger partial charge in [0.05, 0.1) is 16.2 Å². The first kappa shape index (κ1) is 31.8. The van der Waals surface area contributed by atoms with E-state index in [1.807, 2.05) is 25.6 Å². The number of hydrogen-bond acceptors (Lipinski definition) is 7. The van der Waals surface area contributed by atoms with Crippen LogP contribution in [0.3, 0.4) is 0 Å². The van der Waals surface area contributed by atoms with Crippen molar-refractivity contribution in [2.45, 2.75) is 89.0 Å². The van der Waals surface area contributed by atoms with Gasteiger partial charge in [0.2, 0.25) is 0 Å². The van der Waals surface area contributed by atoms with Crippen molar-refractivity contribution in [1.82, 2.24) is 14.5 Å². The maximum atomic E-state index is 7.40. The van der Waals surface area contributed by atoms with Gasteiger partial charge < -0.3 is 24.2 Å². The number of hydrogen-bond donors (Lipinski definition) is 1. The Morgan fingerprint density at radius 2 is 1.53 bits per heavy atom. The summed E-state index contributed by atoms with van der Waals surface area (Å²) in [6.45, 7) is 17.7. The molecular formula is C36H44N4O3SSi. The van der Waals surface area contributed by atoms with E-state index in [2.05, 4.69) is 130 Å². The molecular weight excluding hydrogens is 597 g/mol. The standard InChI is InChI=1S/C36H44N4O3SSi/c1-34(2,3)20-19-24-21-40(32-28(24)31(37)38-23-39-32)33-30-29(42-36(7,8)43-30)27(44-33)22-41-45(35(4,5)6,25-15-11-9-12-16-25)26-17-13-10-14-18-26/h9-18,21,23,27,29-30,33H,22H2,1-8H3,(H2,37,38,39)/t27-,29-,30-,33-/m1/s1. The van der Waals surface area contributed by atoms with Gasteiger partial charge in [-0.2, -0.15) is 0 Å². The van der Waals surface area contributed by atoms with Gasteiger partial charge in [0.25, 0.3) is 8.32 Å². The fourth-order valence-corrected chi connectivity index (χ4v) is 12.9. The molecule has 2 aliphatic rings. The van der Waals surface area contributed by atoms with Crippen molar-refractivity contribution in [2.75, 3.05) is 12.3 Å². The van der Waals surface area contributed by atoms with E-state index in [1.54, 1.807) is 0 Å². The zero-order valence-electron chi connectivity index (χ0n) is 27.5. The van der Waals surface area contributed by atoms with Gasteiger partial charge in [-0.1, -0.05) is 93.3 Å². The maximum Gasteiger partial charge on any atom is 0.261 e. The van der Waals surface area contributed by atoms with Crippen molar-refractivity contribution < 1.29 is 13.9 Å². The minimum absolute atomic E-state index is 0.0177. The van der Waals surface area contributed by atoms with Crippen LogP contribution in [-0.4, -0.2) is 52.7 Å². The molecule has 45 heavy (non-hydrogen) atoms. The molecule has 2 fully saturated rings. The summed E-state index contributed by atoms with van der Waals surface area (Å²) in [7, 11) is -2.75. The van der Waals surface area contributed by atoms with E-state index in [4.69, 9.17) is 24.6 Å². The summed E-state index contributed by atoms with van der Waals surface area (Å²) in [6, 6.07) is 21.5. The minimum Gasteiger partial charge on any atom is -0.406 e. The Morgan fingerprint density at radius 3 is 2.11 bits per heavy atom. The maximum absolute atomic E-state index is 7.40. The van der Waals surface area contributed by atoms with Gasteiger partial charge in [-0.25, -0.2) is 9.97 Å². The minimum atomic E-state index is -2.75. The number of rotatable bonds is 6. The topological polar surface area (TPSA) is 84.4 Å². The Morgan fingerprint density at radius 1 is 0.933 bits per heavy atom. The Labute approximate surface area is 272 Å². The Balaban J connectivity index is 1.41. The highest BCUT2D eigenvalue weighted by molar-refractivity contribution is 8.00. The highest BCUT2D eigenvalue weighted by atomic mass is 32.2. The van der Waals surface area contributed by atoms with E-state index in [-0.39, 0.29) is 33.3 Å². The van der Waals surface area contributed by atoms with E-state index in [1.165, 1.54) is 16.7 Å². The lowest BCUT2D eigenvalue weighted by atomic mass is 9.97. The molecule has 0 spiro atoms. The Kier molecular flexibility index (Phi) is 8.20. The van der Waals surface area contributed by atoms with Crippen LogP contribution in [0.2, 0.25) is 5.04 Å². The molecule has 7 nitrogen and oxygen atoms in total. The summed E-state index contributed by atoms with van der Waals surface area (Å²) >= 11 is 1.82. The van der Waals surface area contributed by atoms with Crippen LogP contribution in [-0.2, 0) is 13.9 Å². The first-order valence-electron chi connectivity index (χ1n) is 15.6. The molecule has 4 heterocycles. The fraction of sp³-hybridized carbons (Fsp3) is 0.444. The molecule has 4 aromatic rings. The lowest BCUT2D eigenvalue weighted by molar-refractivity contribution is -0.149. The zero-order chi connectivity index (χ0) is 32.2. The molecule has 9 heteroatoms. The summed E-state index contributed by atoms with van der Waals surface area (Å²) in [6.07, 6.45) is 3.19. The molecule has 2 aliphatic heterocycles. The van der Waals surface area contributed by atoms with E-state index in [0.717, 1.165) is 16.6 Å². The second-order valence-corrected chi connectivity index (χ2v) is 20.2. The monoisotopic (exact) mass is 640 g/mol. The number of nitrogen functional groups attached to an aromatic ring is 1. The van der Waals surface area contributed by atoms with Gasteiger partial charge in [-0.05, 0) is 50.0 Å². The van der Waals surface area contributed by atoms with Crippen LogP contribution < -0.4 is 16.1 Å². The lowest BCUT2D eigenvalue weighted by Crippen LogP contribution is -2.67. The van der Waals surface area contributed by atoms with E-state index in [9.17, 15) is 0 Å². The molecule has 0 aliphatic carbocycles. The molecule has 0 bridgehead atoms. The van der Waals surface area contributed by atoms with Crippen LogP contribution in [0.5, 0.6) is 0 Å². The van der Waals surface area contributed by atoms with Crippen molar-refractivity contribution in [2.24, 2.45) is 5.41 Å². The third-order valence-electron chi connectivity index (χ3n) is 8.49. The van der Waals surface area contributed by atoms with E-state index in [0.29, 0.717) is 12.4 Å². The number of benzene rings is 2. The van der Waals surface area contributed by atoms with Crippen molar-refractivity contribution >= 4 is 47.3 Å². The van der Waals surface area contributed by atoms with Crippen LogP contribution in [0.4, 0.5) is 5.82 Å². The molecule has 4 atom stereocenters. The lowest BCUT2D eigenvalue weighted by Gasteiger charge is -2.43. The Bertz CT molecular complexity index is 1700. The first-order valence-corrected chi connectivity index (χ1v) is 18.5. The molecule has 236 valence electrons. The molecule has 6 rings (SSSR count). The molecule has 2 aromatic carbocycles. The second-order valence-electron chi connectivity index (χ2n) is 14.5. The molecule has 0 unspecified atom stereocenters. The first-order chi connectivity index (χ1) is 21.2. The van der Waals surface area contributed by atoms with Crippen LogP contribution in [0, 0.1) is 17.3 Å². The third-order valence-corrected chi connectivity index (χ3v) is 15.0. The van der Waals surface area contributed by atoms with Crippen LogP contribution in [0.25, 0.3) is 11.0 Å². The van der Waals surface area contributed by atoms with Crippen molar-refractivity contribution in [1.29, 1.82) is 0 Å². The molecule has 2 saturated heterocycles. The fourth-order valence-electron chi connectivity index (χ4n) is 6.64. The molecule has 0 saturated carbocycles. The molecule has 0 amide bonds. The molecule has 2 aromatic heterocycles. The number of aromatic nitrogens is 3. The highest BCUT2D eigenvalue weighted by Crippen LogP contribution is 2.52. The van der Waals surface area contributed by atoms with E-state index < -0.39 is 14.1 Å². The summed E-state index contributed by atoms with van der Waals surface area (Å²) in [4.78, 5) is 9.00. The van der Waals surface area contributed by atoms with Gasteiger partial charge >= 0.3 is 0 Å². The van der Waals surface area contributed by atoms with E-state index >= 15 is 0 Å². The van der Waals surface area contributed by atoms with Crippen molar-refractivity contribution in [3.05, 3.63) is 78.8 Å².